The standard InChI is InChI=1S/C16H26N2/c1-13(2)18(16-7-5-4-6-8-16)12-15-10-9-14(3)17-11-15/h9-11,13,16H,4-8,12H2,1-3H3. The van der Waals surface area contributed by atoms with Crippen molar-refractivity contribution < 1.29 is 0 Å². The normalized spacial score (nSPS) is 17.6. The molecule has 1 heterocycles. The Morgan fingerprint density at radius 2 is 1.94 bits per heavy atom. The summed E-state index contributed by atoms with van der Waals surface area (Å²) in [6.07, 6.45) is 9.01. The quantitative estimate of drug-likeness (QED) is 0.800. The van der Waals surface area contributed by atoms with Crippen molar-refractivity contribution in [1.29, 1.82) is 0 Å². The van der Waals surface area contributed by atoms with Gasteiger partial charge in [0.15, 0.2) is 0 Å². The maximum atomic E-state index is 4.41. The molecule has 0 aromatic carbocycles. The van der Waals surface area contributed by atoms with Crippen LogP contribution >= 0.6 is 0 Å². The van der Waals surface area contributed by atoms with Crippen LogP contribution < -0.4 is 0 Å². The molecule has 0 saturated heterocycles. The van der Waals surface area contributed by atoms with Gasteiger partial charge in [-0.1, -0.05) is 25.3 Å². The van der Waals surface area contributed by atoms with Crippen LogP contribution in [0.2, 0.25) is 0 Å². The van der Waals surface area contributed by atoms with Gasteiger partial charge in [-0.2, -0.15) is 0 Å². The Morgan fingerprint density at radius 1 is 1.22 bits per heavy atom. The van der Waals surface area contributed by atoms with E-state index in [1.54, 1.807) is 0 Å². The summed E-state index contributed by atoms with van der Waals surface area (Å²) in [6, 6.07) is 5.74. The lowest BCUT2D eigenvalue weighted by atomic mass is 9.93. The molecule has 1 aliphatic rings. The molecule has 2 nitrogen and oxygen atoms in total. The minimum absolute atomic E-state index is 0.620. The highest BCUT2D eigenvalue weighted by Gasteiger charge is 2.23. The van der Waals surface area contributed by atoms with Crippen LogP contribution in [0.25, 0.3) is 0 Å². The van der Waals surface area contributed by atoms with E-state index >= 15 is 0 Å². The zero-order chi connectivity index (χ0) is 13.0. The fraction of sp³-hybridized carbons (Fsp3) is 0.688. The molecule has 2 rings (SSSR count). The molecule has 18 heavy (non-hydrogen) atoms. The second kappa shape index (κ2) is 6.33. The molecule has 0 bridgehead atoms. The molecule has 1 aromatic rings. The summed E-state index contributed by atoms with van der Waals surface area (Å²) < 4.78 is 0. The second-order valence-corrected chi connectivity index (χ2v) is 5.87. The van der Waals surface area contributed by atoms with E-state index in [2.05, 4.69) is 35.9 Å². The molecule has 2 heteroatoms. The lowest BCUT2D eigenvalue weighted by Gasteiger charge is -2.37. The molecule has 0 atom stereocenters. The van der Waals surface area contributed by atoms with Crippen molar-refractivity contribution in [3.05, 3.63) is 29.6 Å². The zero-order valence-corrected chi connectivity index (χ0v) is 12.0. The third kappa shape index (κ3) is 3.55. The highest BCUT2D eigenvalue weighted by Crippen LogP contribution is 2.25. The van der Waals surface area contributed by atoms with E-state index in [0.29, 0.717) is 6.04 Å². The van der Waals surface area contributed by atoms with Gasteiger partial charge in [0.2, 0.25) is 0 Å². The van der Waals surface area contributed by atoms with Gasteiger partial charge in [-0.15, -0.1) is 0 Å². The van der Waals surface area contributed by atoms with E-state index in [9.17, 15) is 0 Å². The molecule has 0 N–H and O–H groups in total. The lowest BCUT2D eigenvalue weighted by Crippen LogP contribution is -2.41. The van der Waals surface area contributed by atoms with Gasteiger partial charge >= 0.3 is 0 Å². The van der Waals surface area contributed by atoms with Crippen LogP contribution in [-0.2, 0) is 6.54 Å². The van der Waals surface area contributed by atoms with Crippen molar-refractivity contribution in [1.82, 2.24) is 9.88 Å². The average molecular weight is 246 g/mol. The summed E-state index contributed by atoms with van der Waals surface area (Å²) in [5.74, 6) is 0. The Morgan fingerprint density at radius 3 is 2.50 bits per heavy atom. The maximum absolute atomic E-state index is 4.41. The van der Waals surface area contributed by atoms with Crippen molar-refractivity contribution in [2.24, 2.45) is 0 Å². The summed E-state index contributed by atoms with van der Waals surface area (Å²) in [5.41, 5.74) is 2.45. The highest BCUT2D eigenvalue weighted by molar-refractivity contribution is 5.13. The molecule has 0 spiro atoms. The predicted molar refractivity (Wildman–Crippen MR) is 76.5 cm³/mol. The van der Waals surface area contributed by atoms with Crippen LogP contribution in [0.15, 0.2) is 18.3 Å². The van der Waals surface area contributed by atoms with Crippen LogP contribution in [0.1, 0.15) is 57.2 Å². The van der Waals surface area contributed by atoms with Crippen LogP contribution in [0.5, 0.6) is 0 Å². The highest BCUT2D eigenvalue weighted by atomic mass is 15.2. The first-order chi connectivity index (χ1) is 8.66. The van der Waals surface area contributed by atoms with Gasteiger partial charge in [-0.3, -0.25) is 9.88 Å². The summed E-state index contributed by atoms with van der Waals surface area (Å²) in [5, 5.41) is 0. The number of rotatable bonds is 4. The summed E-state index contributed by atoms with van der Waals surface area (Å²) in [7, 11) is 0. The lowest BCUT2D eigenvalue weighted by molar-refractivity contribution is 0.112. The Bertz CT molecular complexity index is 350. The van der Waals surface area contributed by atoms with Gasteiger partial charge in [0.25, 0.3) is 0 Å². The Hall–Kier alpha value is -0.890. The molecular formula is C16H26N2. The van der Waals surface area contributed by atoms with Crippen LogP contribution in [0.4, 0.5) is 0 Å². The van der Waals surface area contributed by atoms with Crippen molar-refractivity contribution in [2.45, 2.75) is 71.5 Å². The van der Waals surface area contributed by atoms with Gasteiger partial charge in [-0.05, 0) is 45.2 Å². The van der Waals surface area contributed by atoms with Crippen LogP contribution in [0, 0.1) is 6.92 Å². The first kappa shape index (κ1) is 13.5. The Balaban J connectivity index is 2.03. The van der Waals surface area contributed by atoms with Crippen molar-refractivity contribution in [3.8, 4) is 0 Å². The first-order valence-corrected chi connectivity index (χ1v) is 7.34. The van der Waals surface area contributed by atoms with E-state index < -0.39 is 0 Å². The monoisotopic (exact) mass is 246 g/mol. The smallest absolute Gasteiger partial charge is 0.0372 e. The third-order valence-corrected chi connectivity index (χ3v) is 4.04. The summed E-state index contributed by atoms with van der Waals surface area (Å²) in [6.45, 7) is 7.73. The zero-order valence-electron chi connectivity index (χ0n) is 12.0. The molecule has 0 unspecified atom stereocenters. The van der Waals surface area contributed by atoms with Crippen LogP contribution in [-0.4, -0.2) is 22.0 Å². The maximum Gasteiger partial charge on any atom is 0.0372 e. The number of aromatic nitrogens is 1. The van der Waals surface area contributed by atoms with Crippen molar-refractivity contribution in [3.63, 3.8) is 0 Å². The van der Waals surface area contributed by atoms with E-state index in [0.717, 1.165) is 18.3 Å². The van der Waals surface area contributed by atoms with E-state index in [1.807, 2.05) is 13.1 Å². The topological polar surface area (TPSA) is 16.1 Å². The van der Waals surface area contributed by atoms with Crippen molar-refractivity contribution in [2.75, 3.05) is 0 Å². The van der Waals surface area contributed by atoms with Gasteiger partial charge in [0.05, 0.1) is 0 Å². The molecule has 100 valence electrons. The van der Waals surface area contributed by atoms with Gasteiger partial charge in [-0.25, -0.2) is 0 Å². The van der Waals surface area contributed by atoms with Crippen LogP contribution in [0.3, 0.4) is 0 Å². The minimum Gasteiger partial charge on any atom is -0.294 e. The molecule has 0 aliphatic heterocycles. The number of hydrogen-bond donors (Lipinski definition) is 0. The molecular weight excluding hydrogens is 220 g/mol. The Kier molecular flexibility index (Phi) is 4.76. The number of pyridine rings is 1. The average Bonchev–Trinajstić information content (AvgIpc) is 2.38. The van der Waals surface area contributed by atoms with Crippen molar-refractivity contribution >= 4 is 0 Å². The predicted octanol–water partition coefficient (Wildman–Crippen LogP) is 3.93. The molecule has 0 radical (unpaired) electrons. The molecule has 0 amide bonds. The fourth-order valence-corrected chi connectivity index (χ4v) is 2.95. The van der Waals surface area contributed by atoms with Gasteiger partial charge in [0, 0.05) is 30.5 Å². The largest absolute Gasteiger partial charge is 0.294 e. The molecule has 1 saturated carbocycles. The summed E-state index contributed by atoms with van der Waals surface area (Å²) in [4.78, 5) is 7.07. The Labute approximate surface area is 111 Å². The minimum atomic E-state index is 0.620. The van der Waals surface area contributed by atoms with E-state index in [-0.39, 0.29) is 0 Å². The van der Waals surface area contributed by atoms with Gasteiger partial charge in [0.1, 0.15) is 0 Å². The van der Waals surface area contributed by atoms with E-state index in [1.165, 1.54) is 37.7 Å². The second-order valence-electron chi connectivity index (χ2n) is 5.87. The SMILES string of the molecule is Cc1ccc(CN(C(C)C)C2CCCCC2)cn1. The fourth-order valence-electron chi connectivity index (χ4n) is 2.95. The third-order valence-electron chi connectivity index (χ3n) is 4.04. The first-order valence-electron chi connectivity index (χ1n) is 7.34. The number of hydrogen-bond acceptors (Lipinski definition) is 2. The molecule has 1 aromatic heterocycles. The summed E-state index contributed by atoms with van der Waals surface area (Å²) >= 11 is 0. The molecule has 1 fully saturated rings. The number of aryl methyl sites for hydroxylation is 1. The van der Waals surface area contributed by atoms with Gasteiger partial charge < -0.3 is 0 Å². The molecule has 1 aliphatic carbocycles. The number of nitrogens with zero attached hydrogens (tertiary/aromatic N) is 2. The van der Waals surface area contributed by atoms with E-state index in [4.69, 9.17) is 0 Å².